The molecule has 1 aliphatic rings. The largest absolute Gasteiger partial charge is 0.405 e. The van der Waals surface area contributed by atoms with Crippen LogP contribution in [0.3, 0.4) is 0 Å². The highest BCUT2D eigenvalue weighted by atomic mass is 19.4. The first-order chi connectivity index (χ1) is 11.2. The van der Waals surface area contributed by atoms with E-state index in [0.29, 0.717) is 42.0 Å². The molecule has 24 heavy (non-hydrogen) atoms. The Labute approximate surface area is 137 Å². The van der Waals surface area contributed by atoms with Crippen molar-refractivity contribution in [2.75, 3.05) is 24.5 Å². The maximum absolute atomic E-state index is 12.2. The van der Waals surface area contributed by atoms with E-state index in [-0.39, 0.29) is 6.54 Å². The third kappa shape index (κ3) is 4.13. The van der Waals surface area contributed by atoms with Gasteiger partial charge >= 0.3 is 6.18 Å². The summed E-state index contributed by atoms with van der Waals surface area (Å²) in [5, 5.41) is 19.3. The summed E-state index contributed by atoms with van der Waals surface area (Å²) in [4.78, 5) is 13.7. The fourth-order valence-corrected chi connectivity index (χ4v) is 2.67. The van der Waals surface area contributed by atoms with E-state index in [1.165, 1.54) is 0 Å². The van der Waals surface area contributed by atoms with Crippen molar-refractivity contribution in [1.82, 2.24) is 15.5 Å². The van der Waals surface area contributed by atoms with Crippen LogP contribution in [0, 0.1) is 31.1 Å². The minimum absolute atomic E-state index is 0.218. The van der Waals surface area contributed by atoms with Crippen LogP contribution in [0.1, 0.15) is 29.7 Å². The molecule has 0 spiro atoms. The van der Waals surface area contributed by atoms with Crippen molar-refractivity contribution < 1.29 is 18.0 Å². The van der Waals surface area contributed by atoms with Crippen molar-refractivity contribution in [2.45, 2.75) is 32.9 Å². The zero-order valence-electron chi connectivity index (χ0n) is 13.4. The number of carbonyl (C=O) groups excluding carboxylic acids is 1. The summed E-state index contributed by atoms with van der Waals surface area (Å²) < 4.78 is 36.7. The van der Waals surface area contributed by atoms with Gasteiger partial charge in [-0.3, -0.25) is 4.79 Å². The van der Waals surface area contributed by atoms with Gasteiger partial charge in [0.15, 0.2) is 5.82 Å². The number of carbonyl (C=O) groups is 1. The van der Waals surface area contributed by atoms with Crippen molar-refractivity contribution in [3.05, 3.63) is 16.8 Å². The van der Waals surface area contributed by atoms with Gasteiger partial charge < -0.3 is 10.2 Å². The number of hydrogen-bond donors (Lipinski definition) is 1. The number of halogens is 3. The summed E-state index contributed by atoms with van der Waals surface area (Å²) in [5.41, 5.74) is 1.75. The van der Waals surface area contributed by atoms with Crippen LogP contribution >= 0.6 is 0 Å². The molecule has 6 nitrogen and oxygen atoms in total. The van der Waals surface area contributed by atoms with Gasteiger partial charge in [-0.1, -0.05) is 0 Å². The Morgan fingerprint density at radius 3 is 2.75 bits per heavy atom. The zero-order chi connectivity index (χ0) is 17.9. The third-order valence-electron chi connectivity index (χ3n) is 4.10. The van der Waals surface area contributed by atoms with E-state index in [1.807, 2.05) is 5.32 Å². The van der Waals surface area contributed by atoms with Crippen molar-refractivity contribution >= 4 is 11.7 Å². The highest BCUT2D eigenvalue weighted by molar-refractivity contribution is 5.79. The number of alkyl halides is 3. The normalized spacial score (nSPS) is 18.2. The molecule has 2 heterocycles. The summed E-state index contributed by atoms with van der Waals surface area (Å²) in [7, 11) is 0. The molecule has 0 aliphatic carbocycles. The maximum Gasteiger partial charge on any atom is 0.405 e. The van der Waals surface area contributed by atoms with Gasteiger partial charge in [-0.2, -0.15) is 23.5 Å². The summed E-state index contributed by atoms with van der Waals surface area (Å²) in [6.07, 6.45) is -3.30. The molecule has 2 rings (SSSR count). The van der Waals surface area contributed by atoms with Gasteiger partial charge in [0.25, 0.3) is 0 Å². The van der Waals surface area contributed by atoms with Crippen LogP contribution in [0.4, 0.5) is 19.0 Å². The van der Waals surface area contributed by atoms with Crippen LogP contribution in [-0.2, 0) is 4.79 Å². The van der Waals surface area contributed by atoms with E-state index in [4.69, 9.17) is 0 Å². The first-order valence-electron chi connectivity index (χ1n) is 7.56. The van der Waals surface area contributed by atoms with Crippen molar-refractivity contribution in [3.63, 3.8) is 0 Å². The first kappa shape index (κ1) is 18.0. The Hall–Kier alpha value is -2.37. The minimum atomic E-state index is -4.43. The molecule has 1 saturated heterocycles. The predicted octanol–water partition coefficient (Wildman–Crippen LogP) is 1.86. The molecule has 0 radical (unpaired) electrons. The second-order valence-electron chi connectivity index (χ2n) is 5.84. The molecule has 0 aromatic carbocycles. The SMILES string of the molecule is Cc1nnc(N2CCCC(C(=O)NCC(F)(F)F)C2)c(C#N)c1C. The first-order valence-corrected chi connectivity index (χ1v) is 7.56. The van der Waals surface area contributed by atoms with E-state index in [2.05, 4.69) is 16.3 Å². The van der Waals surface area contributed by atoms with E-state index in [9.17, 15) is 23.2 Å². The smallest absolute Gasteiger partial charge is 0.353 e. The molecular formula is C15H18F3N5O. The van der Waals surface area contributed by atoms with Crippen LogP contribution in [0.15, 0.2) is 0 Å². The number of aromatic nitrogens is 2. The minimum Gasteiger partial charge on any atom is -0.353 e. The van der Waals surface area contributed by atoms with Crippen molar-refractivity contribution in [1.29, 1.82) is 5.26 Å². The molecule has 9 heteroatoms. The predicted molar refractivity (Wildman–Crippen MR) is 80.2 cm³/mol. The van der Waals surface area contributed by atoms with E-state index in [0.717, 1.165) is 0 Å². The van der Waals surface area contributed by atoms with E-state index in [1.54, 1.807) is 18.7 Å². The Morgan fingerprint density at radius 2 is 2.12 bits per heavy atom. The molecule has 1 fully saturated rings. The number of hydrogen-bond acceptors (Lipinski definition) is 5. The molecule has 0 saturated carbocycles. The Morgan fingerprint density at radius 1 is 1.42 bits per heavy atom. The van der Waals surface area contributed by atoms with E-state index >= 15 is 0 Å². The molecule has 130 valence electrons. The molecule has 1 atom stereocenters. The van der Waals surface area contributed by atoms with Gasteiger partial charge in [-0.25, -0.2) is 0 Å². The van der Waals surface area contributed by atoms with Gasteiger partial charge in [0.2, 0.25) is 5.91 Å². The molecule has 1 aromatic rings. The Balaban J connectivity index is 2.13. The summed E-state index contributed by atoms with van der Waals surface area (Å²) >= 11 is 0. The summed E-state index contributed by atoms with van der Waals surface area (Å²) in [6, 6.07) is 2.10. The van der Waals surface area contributed by atoms with Crippen LogP contribution in [0.25, 0.3) is 0 Å². The number of amides is 1. The lowest BCUT2D eigenvalue weighted by Crippen LogP contribution is -2.45. The number of piperidine rings is 1. The van der Waals surface area contributed by atoms with Crippen molar-refractivity contribution in [3.8, 4) is 6.07 Å². The van der Waals surface area contributed by atoms with Crippen LogP contribution < -0.4 is 10.2 Å². The highest BCUT2D eigenvalue weighted by Crippen LogP contribution is 2.26. The quantitative estimate of drug-likeness (QED) is 0.907. The zero-order valence-corrected chi connectivity index (χ0v) is 13.4. The third-order valence-corrected chi connectivity index (χ3v) is 4.10. The number of nitrogens with one attached hydrogen (secondary N) is 1. The fourth-order valence-electron chi connectivity index (χ4n) is 2.67. The van der Waals surface area contributed by atoms with E-state index < -0.39 is 24.5 Å². The molecule has 1 amide bonds. The molecule has 0 bridgehead atoms. The second kappa shape index (κ2) is 7.03. The highest BCUT2D eigenvalue weighted by Gasteiger charge is 2.32. The lowest BCUT2D eigenvalue weighted by atomic mass is 9.96. The topological polar surface area (TPSA) is 81.9 Å². The van der Waals surface area contributed by atoms with Crippen LogP contribution in [0.5, 0.6) is 0 Å². The average molecular weight is 341 g/mol. The molecule has 1 unspecified atom stereocenters. The molecule has 1 aliphatic heterocycles. The lowest BCUT2D eigenvalue weighted by Gasteiger charge is -2.33. The fraction of sp³-hybridized carbons (Fsp3) is 0.600. The van der Waals surface area contributed by atoms with Crippen LogP contribution in [0.2, 0.25) is 0 Å². The Kier molecular flexibility index (Phi) is 5.26. The number of rotatable bonds is 3. The summed E-state index contributed by atoms with van der Waals surface area (Å²) in [6.45, 7) is 2.97. The van der Waals surface area contributed by atoms with Gasteiger partial charge in [0, 0.05) is 13.1 Å². The van der Waals surface area contributed by atoms with Gasteiger partial charge in [-0.15, -0.1) is 5.10 Å². The monoisotopic (exact) mass is 341 g/mol. The van der Waals surface area contributed by atoms with Gasteiger partial charge in [0.1, 0.15) is 18.2 Å². The number of anilines is 1. The number of nitriles is 1. The number of nitrogens with zero attached hydrogens (tertiary/aromatic N) is 4. The standard InChI is InChI=1S/C15H18F3N5O/c1-9-10(2)21-22-13(12(9)6-19)23-5-3-4-11(7-23)14(24)20-8-15(16,17)18/h11H,3-5,7-8H2,1-2H3,(H,20,24). The second-order valence-corrected chi connectivity index (χ2v) is 5.84. The number of aryl methyl sites for hydroxylation is 1. The van der Waals surface area contributed by atoms with Gasteiger partial charge in [0.05, 0.1) is 11.6 Å². The average Bonchev–Trinajstić information content (AvgIpc) is 2.54. The molecular weight excluding hydrogens is 323 g/mol. The Bertz CT molecular complexity index is 668. The maximum atomic E-state index is 12.2. The van der Waals surface area contributed by atoms with Crippen LogP contribution in [-0.4, -0.2) is 41.9 Å². The van der Waals surface area contributed by atoms with Crippen molar-refractivity contribution in [2.24, 2.45) is 5.92 Å². The summed E-state index contributed by atoms with van der Waals surface area (Å²) in [5.74, 6) is -0.822. The lowest BCUT2D eigenvalue weighted by molar-refractivity contribution is -0.140. The molecule has 1 aromatic heterocycles. The van der Waals surface area contributed by atoms with Gasteiger partial charge in [-0.05, 0) is 32.3 Å². The molecule has 1 N–H and O–H groups in total.